The van der Waals surface area contributed by atoms with E-state index in [0.29, 0.717) is 27.9 Å². The summed E-state index contributed by atoms with van der Waals surface area (Å²) in [5.41, 5.74) is 1.07. The number of carbonyl (C=O) groups excluding carboxylic acids is 1. The van der Waals surface area contributed by atoms with Crippen LogP contribution >= 0.6 is 23.2 Å². The van der Waals surface area contributed by atoms with E-state index in [2.05, 4.69) is 5.32 Å². The van der Waals surface area contributed by atoms with E-state index in [0.717, 1.165) is 19.3 Å². The number of hydrogen-bond donors (Lipinski definition) is 1. The summed E-state index contributed by atoms with van der Waals surface area (Å²) in [5, 5.41) is 3.77. The van der Waals surface area contributed by atoms with Crippen LogP contribution in [0.1, 0.15) is 29.6 Å². The van der Waals surface area contributed by atoms with E-state index in [1.807, 2.05) is 0 Å². The van der Waals surface area contributed by atoms with Crippen LogP contribution < -0.4 is 5.32 Å². The fourth-order valence-corrected chi connectivity index (χ4v) is 2.52. The summed E-state index contributed by atoms with van der Waals surface area (Å²) in [6, 6.07) is 4.77. The normalized spacial score (nSPS) is 18.5. The number of ketones is 1. The van der Waals surface area contributed by atoms with Crippen LogP contribution in [0.3, 0.4) is 0 Å². The van der Waals surface area contributed by atoms with Crippen molar-refractivity contribution in [2.24, 2.45) is 0 Å². The van der Waals surface area contributed by atoms with Crippen molar-refractivity contribution in [3.05, 3.63) is 45.6 Å². The number of benzene rings is 1. The number of halogens is 2. The third-order valence-electron chi connectivity index (χ3n) is 3.52. The predicted molar refractivity (Wildman–Crippen MR) is 93.4 cm³/mol. The summed E-state index contributed by atoms with van der Waals surface area (Å²) in [6.45, 7) is 1.22. The van der Waals surface area contributed by atoms with Gasteiger partial charge in [0.15, 0.2) is 12.1 Å². The van der Waals surface area contributed by atoms with E-state index in [1.54, 1.807) is 25.3 Å². The van der Waals surface area contributed by atoms with Gasteiger partial charge in [-0.2, -0.15) is 0 Å². The highest BCUT2D eigenvalue weighted by Gasteiger charge is 2.15. The molecule has 132 valence electrons. The van der Waals surface area contributed by atoms with E-state index >= 15 is 0 Å². The molecule has 1 aliphatic rings. The first-order valence-electron chi connectivity index (χ1n) is 7.76. The van der Waals surface area contributed by atoms with Gasteiger partial charge in [-0.15, -0.1) is 0 Å². The molecule has 0 saturated carbocycles. The average Bonchev–Trinajstić information content (AvgIpc) is 2.60. The second kappa shape index (κ2) is 10.0. The van der Waals surface area contributed by atoms with Gasteiger partial charge in [0.2, 0.25) is 0 Å². The summed E-state index contributed by atoms with van der Waals surface area (Å²) in [7, 11) is 1.57. The first-order valence-corrected chi connectivity index (χ1v) is 8.51. The number of carbonyl (C=O) groups is 1. The van der Waals surface area contributed by atoms with Gasteiger partial charge in [-0.1, -0.05) is 23.2 Å². The van der Waals surface area contributed by atoms with Gasteiger partial charge in [0, 0.05) is 31.1 Å². The monoisotopic (exact) mass is 373 g/mol. The molecule has 1 fully saturated rings. The van der Waals surface area contributed by atoms with Crippen LogP contribution in [0, 0.1) is 0 Å². The van der Waals surface area contributed by atoms with Crippen LogP contribution in [-0.2, 0) is 14.2 Å². The number of allylic oxidation sites excluding steroid dienone is 1. The summed E-state index contributed by atoms with van der Waals surface area (Å²) in [5.74, 6) is -0.194. The number of nitrogens with one attached hydrogen (secondary N) is 1. The molecule has 1 aliphatic heterocycles. The van der Waals surface area contributed by atoms with Crippen molar-refractivity contribution in [2.45, 2.75) is 25.6 Å². The number of ether oxygens (including phenoxy) is 3. The molecule has 0 bridgehead atoms. The molecule has 2 rings (SSSR count). The number of methoxy groups -OCH3 is 1. The maximum Gasteiger partial charge on any atom is 0.187 e. The SMILES string of the molecule is COCN/C(=C/C(=O)c1ccc(Cl)c(Cl)c1)COC1CCCCO1. The van der Waals surface area contributed by atoms with Crippen molar-refractivity contribution in [1.29, 1.82) is 0 Å². The molecule has 1 atom stereocenters. The second-order valence-electron chi connectivity index (χ2n) is 5.38. The standard InChI is InChI=1S/C17H21Cl2NO4/c1-22-11-20-13(10-24-17-4-2-3-7-23-17)9-16(21)12-5-6-14(18)15(19)8-12/h5-6,8-9,17,20H,2-4,7,10-11H2,1H3/b13-9+. The zero-order chi connectivity index (χ0) is 17.4. The Morgan fingerprint density at radius 2 is 2.21 bits per heavy atom. The Morgan fingerprint density at radius 1 is 1.38 bits per heavy atom. The van der Waals surface area contributed by atoms with Crippen molar-refractivity contribution in [3.8, 4) is 0 Å². The quantitative estimate of drug-likeness (QED) is 0.426. The zero-order valence-corrected chi connectivity index (χ0v) is 15.0. The van der Waals surface area contributed by atoms with E-state index < -0.39 is 0 Å². The fraction of sp³-hybridized carbons (Fsp3) is 0.471. The minimum absolute atomic E-state index is 0.194. The molecule has 0 amide bonds. The van der Waals surface area contributed by atoms with Gasteiger partial charge in [-0.05, 0) is 37.5 Å². The van der Waals surface area contributed by atoms with Crippen LogP contribution in [0.2, 0.25) is 10.0 Å². The molecule has 1 aromatic carbocycles. The maximum absolute atomic E-state index is 12.4. The molecular weight excluding hydrogens is 353 g/mol. The lowest BCUT2D eigenvalue weighted by Crippen LogP contribution is -2.27. The minimum Gasteiger partial charge on any atom is -0.365 e. The van der Waals surface area contributed by atoms with Crippen LogP contribution in [0.25, 0.3) is 0 Å². The van der Waals surface area contributed by atoms with Crippen LogP contribution in [0.15, 0.2) is 30.0 Å². The Bertz CT molecular complexity index is 586. The van der Waals surface area contributed by atoms with Crippen LogP contribution in [-0.4, -0.2) is 39.1 Å². The van der Waals surface area contributed by atoms with Crippen LogP contribution in [0.5, 0.6) is 0 Å². The molecule has 24 heavy (non-hydrogen) atoms. The summed E-state index contributed by atoms with van der Waals surface area (Å²) >= 11 is 11.8. The third-order valence-corrected chi connectivity index (χ3v) is 4.25. The predicted octanol–water partition coefficient (Wildman–Crippen LogP) is 3.80. The molecule has 1 N–H and O–H groups in total. The van der Waals surface area contributed by atoms with Crippen molar-refractivity contribution < 1.29 is 19.0 Å². The minimum atomic E-state index is -0.230. The van der Waals surface area contributed by atoms with Gasteiger partial charge in [0.1, 0.15) is 6.73 Å². The molecule has 0 aliphatic carbocycles. The molecule has 7 heteroatoms. The summed E-state index contributed by atoms with van der Waals surface area (Å²) in [6.07, 6.45) is 4.24. The maximum atomic E-state index is 12.4. The Labute approximate surface area is 151 Å². The molecule has 0 spiro atoms. The fourth-order valence-electron chi connectivity index (χ4n) is 2.22. The number of hydrogen-bond acceptors (Lipinski definition) is 5. The Morgan fingerprint density at radius 3 is 2.88 bits per heavy atom. The molecule has 5 nitrogen and oxygen atoms in total. The highest BCUT2D eigenvalue weighted by Crippen LogP contribution is 2.23. The van der Waals surface area contributed by atoms with Crippen molar-refractivity contribution in [3.63, 3.8) is 0 Å². The van der Waals surface area contributed by atoms with Crippen molar-refractivity contribution in [2.75, 3.05) is 27.1 Å². The summed E-state index contributed by atoms with van der Waals surface area (Å²) in [4.78, 5) is 12.4. The first kappa shape index (κ1) is 19.2. The molecule has 1 aromatic rings. The Kier molecular flexibility index (Phi) is 8.02. The third kappa shape index (κ3) is 6.07. The van der Waals surface area contributed by atoms with Gasteiger partial charge >= 0.3 is 0 Å². The second-order valence-corrected chi connectivity index (χ2v) is 6.19. The van der Waals surface area contributed by atoms with Gasteiger partial charge < -0.3 is 19.5 Å². The lowest BCUT2D eigenvalue weighted by atomic mass is 10.1. The molecular formula is C17H21Cl2NO4. The smallest absolute Gasteiger partial charge is 0.187 e. The molecule has 0 radical (unpaired) electrons. The van der Waals surface area contributed by atoms with Gasteiger partial charge in [0.25, 0.3) is 0 Å². The molecule has 1 unspecified atom stereocenters. The van der Waals surface area contributed by atoms with E-state index in [9.17, 15) is 4.79 Å². The van der Waals surface area contributed by atoms with E-state index in [-0.39, 0.29) is 25.4 Å². The largest absolute Gasteiger partial charge is 0.365 e. The van der Waals surface area contributed by atoms with Gasteiger partial charge in [0.05, 0.1) is 16.7 Å². The van der Waals surface area contributed by atoms with Gasteiger partial charge in [-0.25, -0.2) is 0 Å². The highest BCUT2D eigenvalue weighted by molar-refractivity contribution is 6.42. The van der Waals surface area contributed by atoms with Crippen molar-refractivity contribution >= 4 is 29.0 Å². The lowest BCUT2D eigenvalue weighted by Gasteiger charge is -2.23. The number of rotatable bonds is 8. The molecule has 1 heterocycles. The van der Waals surface area contributed by atoms with Gasteiger partial charge in [-0.3, -0.25) is 4.79 Å². The van der Waals surface area contributed by atoms with E-state index in [1.165, 1.54) is 6.08 Å². The molecule has 1 saturated heterocycles. The molecule has 0 aromatic heterocycles. The lowest BCUT2D eigenvalue weighted by molar-refractivity contribution is -0.157. The van der Waals surface area contributed by atoms with E-state index in [4.69, 9.17) is 37.4 Å². The summed E-state index contributed by atoms with van der Waals surface area (Å²) < 4.78 is 16.2. The first-order chi connectivity index (χ1) is 11.6. The Hall–Kier alpha value is -1.11. The highest BCUT2D eigenvalue weighted by atomic mass is 35.5. The topological polar surface area (TPSA) is 56.8 Å². The average molecular weight is 374 g/mol. The Balaban J connectivity index is 2.02. The van der Waals surface area contributed by atoms with Crippen LogP contribution in [0.4, 0.5) is 0 Å². The van der Waals surface area contributed by atoms with Crippen molar-refractivity contribution in [1.82, 2.24) is 5.32 Å². The zero-order valence-electron chi connectivity index (χ0n) is 13.5.